The van der Waals surface area contributed by atoms with Crippen LogP contribution in [0.5, 0.6) is 0 Å². The number of nitrogens with two attached hydrogens (primary N) is 1. The Morgan fingerprint density at radius 3 is 2.61 bits per heavy atom. The Morgan fingerprint density at radius 2 is 1.90 bits per heavy atom. The second-order valence-electron chi connectivity index (χ2n) is 6.71. The molecular formula is C23H19N7O. The van der Waals surface area contributed by atoms with E-state index in [1.165, 1.54) is 12.7 Å². The van der Waals surface area contributed by atoms with Crippen molar-refractivity contribution in [2.45, 2.75) is 13.3 Å². The first-order chi connectivity index (χ1) is 15.1. The van der Waals surface area contributed by atoms with Crippen LogP contribution >= 0.6 is 0 Å². The van der Waals surface area contributed by atoms with Gasteiger partial charge in [0.1, 0.15) is 11.8 Å². The Balaban J connectivity index is 0.000000192. The number of nitrogens with zero attached hydrogens (tertiary/aromatic N) is 5. The molecule has 2 aromatic carbocycles. The molecule has 0 aliphatic heterocycles. The maximum Gasteiger partial charge on any atom is 0.264 e. The fourth-order valence-corrected chi connectivity index (χ4v) is 3.41. The highest BCUT2D eigenvalue weighted by Gasteiger charge is 2.12. The summed E-state index contributed by atoms with van der Waals surface area (Å²) in [5.74, 6) is 0.433. The average molecular weight is 409 g/mol. The largest absolute Gasteiger partial charge is 0.382 e. The fourth-order valence-electron chi connectivity index (χ4n) is 3.41. The van der Waals surface area contributed by atoms with Gasteiger partial charge in [-0.2, -0.15) is 5.26 Å². The van der Waals surface area contributed by atoms with Crippen molar-refractivity contribution in [2.24, 2.45) is 0 Å². The van der Waals surface area contributed by atoms with Crippen molar-refractivity contribution in [1.29, 1.82) is 5.26 Å². The molecule has 0 bridgehead atoms. The zero-order chi connectivity index (χ0) is 21.8. The van der Waals surface area contributed by atoms with Gasteiger partial charge >= 0.3 is 0 Å². The summed E-state index contributed by atoms with van der Waals surface area (Å²) in [6.45, 7) is 2.02. The lowest BCUT2D eigenvalue weighted by molar-refractivity contribution is 0.889. The lowest BCUT2D eigenvalue weighted by atomic mass is 10.0. The van der Waals surface area contributed by atoms with E-state index in [2.05, 4.69) is 26.0 Å². The number of hydrogen-bond acceptors (Lipinski definition) is 6. The number of fused-ring (bicyclic) bond motifs is 2. The Morgan fingerprint density at radius 1 is 1.10 bits per heavy atom. The maximum atomic E-state index is 12.9. The predicted molar refractivity (Wildman–Crippen MR) is 120 cm³/mol. The van der Waals surface area contributed by atoms with E-state index >= 15 is 0 Å². The molecule has 31 heavy (non-hydrogen) atoms. The molecule has 8 heteroatoms. The molecule has 0 aliphatic rings. The summed E-state index contributed by atoms with van der Waals surface area (Å²) in [4.78, 5) is 27.3. The van der Waals surface area contributed by atoms with Crippen molar-refractivity contribution in [3.05, 3.63) is 88.9 Å². The van der Waals surface area contributed by atoms with Crippen LogP contribution in [0.15, 0.2) is 72.0 Å². The lowest BCUT2D eigenvalue weighted by Gasteiger charge is -2.14. The van der Waals surface area contributed by atoms with Gasteiger partial charge in [-0.15, -0.1) is 0 Å². The molecule has 0 atom stereocenters. The molecule has 5 aromatic rings. The number of nitrogen functional groups attached to an aromatic ring is 1. The van der Waals surface area contributed by atoms with Crippen LogP contribution in [0, 0.1) is 11.3 Å². The van der Waals surface area contributed by atoms with Gasteiger partial charge in [-0.25, -0.2) is 15.0 Å². The molecule has 0 saturated carbocycles. The SMILES string of the molecule is CCc1cc2cccc(C#N)c2c(=O)n1-c1ccccc1.Nc1ncnc2nc[nH]c12. The van der Waals surface area contributed by atoms with E-state index in [0.29, 0.717) is 27.9 Å². The smallest absolute Gasteiger partial charge is 0.264 e. The van der Waals surface area contributed by atoms with Crippen LogP contribution < -0.4 is 11.3 Å². The number of imidazole rings is 1. The highest BCUT2D eigenvalue weighted by molar-refractivity contribution is 5.87. The van der Waals surface area contributed by atoms with Crippen molar-refractivity contribution >= 4 is 27.8 Å². The number of pyridine rings is 1. The van der Waals surface area contributed by atoms with Crippen molar-refractivity contribution in [1.82, 2.24) is 24.5 Å². The van der Waals surface area contributed by atoms with E-state index in [1.54, 1.807) is 10.6 Å². The molecule has 0 unspecified atom stereocenters. The molecule has 0 amide bonds. The van der Waals surface area contributed by atoms with Gasteiger partial charge in [0.05, 0.1) is 23.3 Å². The van der Waals surface area contributed by atoms with Crippen LogP contribution in [-0.4, -0.2) is 24.5 Å². The second kappa shape index (κ2) is 8.47. The van der Waals surface area contributed by atoms with E-state index in [0.717, 1.165) is 23.2 Å². The van der Waals surface area contributed by atoms with Crippen LogP contribution in [0.2, 0.25) is 0 Å². The van der Waals surface area contributed by atoms with Gasteiger partial charge in [-0.05, 0) is 36.1 Å². The van der Waals surface area contributed by atoms with E-state index in [4.69, 9.17) is 5.73 Å². The molecule has 3 heterocycles. The summed E-state index contributed by atoms with van der Waals surface area (Å²) in [6.07, 6.45) is 3.67. The van der Waals surface area contributed by atoms with E-state index in [9.17, 15) is 10.1 Å². The van der Waals surface area contributed by atoms with Crippen LogP contribution in [0.1, 0.15) is 18.2 Å². The number of nitrogens with one attached hydrogen (secondary N) is 1. The molecule has 152 valence electrons. The summed E-state index contributed by atoms with van der Waals surface area (Å²) >= 11 is 0. The summed E-state index contributed by atoms with van der Waals surface area (Å²) in [5, 5.41) is 10.6. The normalized spacial score (nSPS) is 10.5. The number of aromatic amines is 1. The molecule has 0 spiro atoms. The molecule has 0 fully saturated rings. The summed E-state index contributed by atoms with van der Waals surface area (Å²) in [6, 6.07) is 19.0. The highest BCUT2D eigenvalue weighted by Crippen LogP contribution is 2.19. The van der Waals surface area contributed by atoms with E-state index < -0.39 is 0 Å². The number of anilines is 1. The average Bonchev–Trinajstić information content (AvgIpc) is 3.30. The number of hydrogen-bond donors (Lipinski definition) is 2. The summed E-state index contributed by atoms with van der Waals surface area (Å²) in [7, 11) is 0. The number of para-hydroxylation sites is 1. The van der Waals surface area contributed by atoms with E-state index in [1.807, 2.05) is 55.5 Å². The number of rotatable bonds is 2. The molecule has 0 radical (unpaired) electrons. The molecule has 3 aromatic heterocycles. The van der Waals surface area contributed by atoms with Crippen molar-refractivity contribution in [2.75, 3.05) is 5.73 Å². The first-order valence-electron chi connectivity index (χ1n) is 9.66. The molecule has 0 aliphatic carbocycles. The predicted octanol–water partition coefficient (Wildman–Crippen LogP) is 3.36. The Labute approximate surface area is 177 Å². The zero-order valence-corrected chi connectivity index (χ0v) is 16.8. The van der Waals surface area contributed by atoms with Crippen molar-refractivity contribution < 1.29 is 0 Å². The zero-order valence-electron chi connectivity index (χ0n) is 16.8. The molecule has 0 saturated heterocycles. The van der Waals surface area contributed by atoms with Gasteiger partial charge in [-0.3, -0.25) is 9.36 Å². The van der Waals surface area contributed by atoms with Gasteiger partial charge in [0.15, 0.2) is 11.5 Å². The summed E-state index contributed by atoms with van der Waals surface area (Å²) in [5.41, 5.74) is 8.84. The first kappa shape index (κ1) is 19.8. The third kappa shape index (κ3) is 3.72. The third-order valence-corrected chi connectivity index (χ3v) is 4.87. The number of aryl methyl sites for hydroxylation is 1. The van der Waals surface area contributed by atoms with Crippen LogP contribution in [0.25, 0.3) is 27.6 Å². The molecule has 3 N–H and O–H groups in total. The van der Waals surface area contributed by atoms with Gasteiger partial charge in [-0.1, -0.05) is 37.3 Å². The Bertz CT molecular complexity index is 1460. The fraction of sp³-hybridized carbons (Fsp3) is 0.0870. The van der Waals surface area contributed by atoms with Gasteiger partial charge < -0.3 is 10.7 Å². The quantitative estimate of drug-likeness (QED) is 0.460. The monoisotopic (exact) mass is 409 g/mol. The highest BCUT2D eigenvalue weighted by atomic mass is 16.1. The number of nitriles is 1. The standard InChI is InChI=1S/C18H14N2O.C5H5N5/c1-2-15-11-13-7-6-8-14(12-19)17(13)18(21)20(15)16-9-4-3-5-10-16;6-4-3-5(9-1-7-3)10-2-8-4/h3-11H,2H2,1H3;1-2H,(H3,6,7,8,9,10). The van der Waals surface area contributed by atoms with Crippen LogP contribution in [-0.2, 0) is 6.42 Å². The van der Waals surface area contributed by atoms with Crippen LogP contribution in [0.4, 0.5) is 5.82 Å². The lowest BCUT2D eigenvalue weighted by Crippen LogP contribution is -2.22. The minimum Gasteiger partial charge on any atom is -0.382 e. The molecular weight excluding hydrogens is 390 g/mol. The van der Waals surface area contributed by atoms with Gasteiger partial charge in [0, 0.05) is 11.4 Å². The summed E-state index contributed by atoms with van der Waals surface area (Å²) < 4.78 is 1.70. The topological polar surface area (TPSA) is 126 Å². The van der Waals surface area contributed by atoms with E-state index in [-0.39, 0.29) is 5.56 Å². The van der Waals surface area contributed by atoms with Gasteiger partial charge in [0.2, 0.25) is 0 Å². The van der Waals surface area contributed by atoms with Crippen molar-refractivity contribution in [3.8, 4) is 11.8 Å². The maximum absolute atomic E-state index is 12.9. The Kier molecular flexibility index (Phi) is 5.41. The van der Waals surface area contributed by atoms with Crippen LogP contribution in [0.3, 0.4) is 0 Å². The van der Waals surface area contributed by atoms with Crippen molar-refractivity contribution in [3.63, 3.8) is 0 Å². The minimum absolute atomic E-state index is 0.132. The third-order valence-electron chi connectivity index (χ3n) is 4.87. The molecule has 8 nitrogen and oxygen atoms in total. The Hall–Kier alpha value is -4.51. The number of H-pyrrole nitrogens is 1. The first-order valence-corrected chi connectivity index (χ1v) is 9.66. The molecule has 5 rings (SSSR count). The second-order valence-corrected chi connectivity index (χ2v) is 6.71. The number of aromatic nitrogens is 5. The minimum atomic E-state index is -0.132. The number of benzene rings is 2. The van der Waals surface area contributed by atoms with Gasteiger partial charge in [0.25, 0.3) is 5.56 Å².